The minimum absolute atomic E-state index is 0.273. The highest BCUT2D eigenvalue weighted by atomic mass is 16.1. The Bertz CT molecular complexity index is 415. The second-order valence-electron chi connectivity index (χ2n) is 6.21. The van der Waals surface area contributed by atoms with E-state index < -0.39 is 0 Å². The fraction of sp³-hybridized carbons (Fsp3) is 0.611. The number of likely N-dealkylation sites (N-methyl/N-ethyl adjacent to an activating group) is 1. The van der Waals surface area contributed by atoms with Crippen molar-refractivity contribution in [2.24, 2.45) is 11.8 Å². The van der Waals surface area contributed by atoms with E-state index in [9.17, 15) is 4.79 Å². The van der Waals surface area contributed by atoms with Gasteiger partial charge in [-0.2, -0.15) is 0 Å². The van der Waals surface area contributed by atoms with Crippen molar-refractivity contribution < 1.29 is 4.79 Å². The third-order valence-corrected chi connectivity index (χ3v) is 4.61. The molecule has 0 heterocycles. The highest BCUT2D eigenvalue weighted by Gasteiger charge is 2.28. The van der Waals surface area contributed by atoms with Gasteiger partial charge in [0.2, 0.25) is 0 Å². The monoisotopic (exact) mass is 273 g/mol. The molecule has 2 atom stereocenters. The first-order valence-corrected chi connectivity index (χ1v) is 7.94. The average Bonchev–Trinajstić information content (AvgIpc) is 2.48. The summed E-state index contributed by atoms with van der Waals surface area (Å²) in [5.74, 6) is 1.52. The van der Waals surface area contributed by atoms with Crippen LogP contribution in [-0.2, 0) is 11.2 Å². The summed E-state index contributed by atoms with van der Waals surface area (Å²) in [6, 6.07) is 10.6. The van der Waals surface area contributed by atoms with E-state index in [4.69, 9.17) is 0 Å². The molecule has 2 rings (SSSR count). The van der Waals surface area contributed by atoms with Gasteiger partial charge in [-0.15, -0.1) is 0 Å². The summed E-state index contributed by atoms with van der Waals surface area (Å²) in [6.45, 7) is 4.21. The smallest absolute Gasteiger partial charge is 0.137 e. The van der Waals surface area contributed by atoms with Crippen LogP contribution in [0.15, 0.2) is 30.3 Å². The van der Waals surface area contributed by atoms with E-state index in [1.165, 1.54) is 12.0 Å². The number of hydrogen-bond donors (Lipinski definition) is 0. The quantitative estimate of drug-likeness (QED) is 0.790. The standard InChI is InChI=1S/C18H27NO/c1-3-15-9-10-18(20)17(13-15)14-19(2)12-11-16-7-5-4-6-8-16/h4-8,15,17H,3,9-14H2,1-2H3. The maximum atomic E-state index is 12.0. The summed E-state index contributed by atoms with van der Waals surface area (Å²) < 4.78 is 0. The van der Waals surface area contributed by atoms with Crippen molar-refractivity contribution in [2.75, 3.05) is 20.1 Å². The van der Waals surface area contributed by atoms with Crippen molar-refractivity contribution in [1.29, 1.82) is 0 Å². The Kier molecular flexibility index (Phi) is 5.78. The zero-order valence-electron chi connectivity index (χ0n) is 12.8. The van der Waals surface area contributed by atoms with Crippen LogP contribution in [0.4, 0.5) is 0 Å². The molecule has 1 fully saturated rings. The molecule has 1 aliphatic rings. The highest BCUT2D eigenvalue weighted by molar-refractivity contribution is 5.81. The molecule has 1 saturated carbocycles. The number of nitrogens with zero attached hydrogens (tertiary/aromatic N) is 1. The van der Waals surface area contributed by atoms with Gasteiger partial charge in [0.1, 0.15) is 5.78 Å². The lowest BCUT2D eigenvalue weighted by Crippen LogP contribution is -2.35. The molecule has 2 heteroatoms. The molecular weight excluding hydrogens is 246 g/mol. The lowest BCUT2D eigenvalue weighted by molar-refractivity contribution is -0.126. The Hall–Kier alpha value is -1.15. The average molecular weight is 273 g/mol. The van der Waals surface area contributed by atoms with E-state index in [1.807, 2.05) is 0 Å². The van der Waals surface area contributed by atoms with Gasteiger partial charge in [-0.05, 0) is 37.8 Å². The summed E-state index contributed by atoms with van der Waals surface area (Å²) >= 11 is 0. The molecule has 2 nitrogen and oxygen atoms in total. The molecule has 0 bridgehead atoms. The van der Waals surface area contributed by atoms with Crippen LogP contribution in [-0.4, -0.2) is 30.8 Å². The van der Waals surface area contributed by atoms with Gasteiger partial charge in [0.05, 0.1) is 0 Å². The van der Waals surface area contributed by atoms with Crippen molar-refractivity contribution in [3.05, 3.63) is 35.9 Å². The van der Waals surface area contributed by atoms with E-state index in [0.29, 0.717) is 5.78 Å². The van der Waals surface area contributed by atoms with Crippen LogP contribution < -0.4 is 0 Å². The maximum Gasteiger partial charge on any atom is 0.137 e. The normalized spacial score (nSPS) is 23.2. The van der Waals surface area contributed by atoms with Crippen LogP contribution in [0.3, 0.4) is 0 Å². The Morgan fingerprint density at radius 1 is 1.25 bits per heavy atom. The predicted octanol–water partition coefficient (Wildman–Crippen LogP) is 3.56. The Labute approximate surface area is 123 Å². The fourth-order valence-electron chi connectivity index (χ4n) is 3.18. The Balaban J connectivity index is 1.78. The molecule has 0 amide bonds. The van der Waals surface area contributed by atoms with Gasteiger partial charge in [-0.3, -0.25) is 4.79 Å². The SMILES string of the molecule is CCC1CCC(=O)C(CN(C)CCc2ccccc2)C1. The van der Waals surface area contributed by atoms with Gasteiger partial charge in [0.15, 0.2) is 0 Å². The second kappa shape index (κ2) is 7.58. The van der Waals surface area contributed by atoms with Gasteiger partial charge in [-0.25, -0.2) is 0 Å². The third kappa shape index (κ3) is 4.45. The summed E-state index contributed by atoms with van der Waals surface area (Å²) in [6.07, 6.45) is 5.30. The first-order valence-electron chi connectivity index (χ1n) is 7.94. The van der Waals surface area contributed by atoms with E-state index in [-0.39, 0.29) is 5.92 Å². The molecular formula is C18H27NO. The molecule has 0 spiro atoms. The predicted molar refractivity (Wildman–Crippen MR) is 83.8 cm³/mol. The van der Waals surface area contributed by atoms with Crippen LogP contribution >= 0.6 is 0 Å². The second-order valence-corrected chi connectivity index (χ2v) is 6.21. The maximum absolute atomic E-state index is 12.0. The molecule has 0 saturated heterocycles. The van der Waals surface area contributed by atoms with E-state index in [1.54, 1.807) is 0 Å². The molecule has 1 aromatic rings. The largest absolute Gasteiger partial charge is 0.305 e. The molecule has 20 heavy (non-hydrogen) atoms. The van der Waals surface area contributed by atoms with Crippen LogP contribution in [0.2, 0.25) is 0 Å². The molecule has 2 unspecified atom stereocenters. The van der Waals surface area contributed by atoms with Crippen molar-refractivity contribution >= 4 is 5.78 Å². The molecule has 0 radical (unpaired) electrons. The van der Waals surface area contributed by atoms with Gasteiger partial charge in [0, 0.05) is 25.4 Å². The summed E-state index contributed by atoms with van der Waals surface area (Å²) in [5, 5.41) is 0. The first-order chi connectivity index (χ1) is 9.69. The zero-order chi connectivity index (χ0) is 14.4. The minimum atomic E-state index is 0.273. The molecule has 0 aliphatic heterocycles. The van der Waals surface area contributed by atoms with E-state index >= 15 is 0 Å². The molecule has 0 N–H and O–H groups in total. The highest BCUT2D eigenvalue weighted by Crippen LogP contribution is 2.29. The van der Waals surface area contributed by atoms with E-state index in [2.05, 4.69) is 49.2 Å². The number of ketones is 1. The Morgan fingerprint density at radius 3 is 2.70 bits per heavy atom. The minimum Gasteiger partial charge on any atom is -0.305 e. The Morgan fingerprint density at radius 2 is 2.00 bits per heavy atom. The van der Waals surface area contributed by atoms with Crippen molar-refractivity contribution in [2.45, 2.75) is 39.0 Å². The van der Waals surface area contributed by atoms with Crippen LogP contribution in [0.5, 0.6) is 0 Å². The molecule has 1 aromatic carbocycles. The van der Waals surface area contributed by atoms with Crippen LogP contribution in [0, 0.1) is 11.8 Å². The lowest BCUT2D eigenvalue weighted by atomic mass is 9.79. The third-order valence-electron chi connectivity index (χ3n) is 4.61. The number of carbonyl (C=O) groups excluding carboxylic acids is 1. The summed E-state index contributed by atoms with van der Waals surface area (Å²) in [4.78, 5) is 14.4. The van der Waals surface area contributed by atoms with Crippen molar-refractivity contribution in [1.82, 2.24) is 4.90 Å². The van der Waals surface area contributed by atoms with Gasteiger partial charge in [-0.1, -0.05) is 43.7 Å². The number of Topliss-reactive ketones (excluding diaryl/α,β-unsaturated/α-hetero) is 1. The molecule has 0 aromatic heterocycles. The topological polar surface area (TPSA) is 20.3 Å². The zero-order valence-corrected chi connectivity index (χ0v) is 12.8. The number of carbonyl (C=O) groups is 1. The van der Waals surface area contributed by atoms with Crippen molar-refractivity contribution in [3.63, 3.8) is 0 Å². The van der Waals surface area contributed by atoms with Gasteiger partial charge in [0.25, 0.3) is 0 Å². The van der Waals surface area contributed by atoms with E-state index in [0.717, 1.165) is 44.7 Å². The fourth-order valence-corrected chi connectivity index (χ4v) is 3.18. The van der Waals surface area contributed by atoms with Gasteiger partial charge >= 0.3 is 0 Å². The number of hydrogen-bond acceptors (Lipinski definition) is 2. The molecule has 110 valence electrons. The van der Waals surface area contributed by atoms with Crippen LogP contribution in [0.1, 0.15) is 38.2 Å². The number of rotatable bonds is 6. The first kappa shape index (κ1) is 15.2. The molecule has 1 aliphatic carbocycles. The number of benzene rings is 1. The summed E-state index contributed by atoms with van der Waals surface area (Å²) in [5.41, 5.74) is 1.38. The van der Waals surface area contributed by atoms with Crippen molar-refractivity contribution in [3.8, 4) is 0 Å². The van der Waals surface area contributed by atoms with Crippen LogP contribution in [0.25, 0.3) is 0 Å². The van der Waals surface area contributed by atoms with Gasteiger partial charge < -0.3 is 4.90 Å². The lowest BCUT2D eigenvalue weighted by Gasteiger charge is -2.30. The summed E-state index contributed by atoms with van der Waals surface area (Å²) in [7, 11) is 2.14.